The van der Waals surface area contributed by atoms with Crippen LogP contribution in [0.2, 0.25) is 0 Å². The van der Waals surface area contributed by atoms with Crippen molar-refractivity contribution in [3.63, 3.8) is 0 Å². The fourth-order valence-electron chi connectivity index (χ4n) is 1.26. The van der Waals surface area contributed by atoms with Crippen molar-refractivity contribution < 1.29 is 0 Å². The summed E-state index contributed by atoms with van der Waals surface area (Å²) in [5, 5.41) is 13.1. The fraction of sp³-hybridized carbons (Fsp3) is 0.600. The topological polar surface area (TPSA) is 41.6 Å². The maximum Gasteiger partial charge on any atom is 0.0690 e. The Morgan fingerprint density at radius 3 is 2.77 bits per heavy atom. The molecule has 0 N–H and O–H groups in total. The third-order valence-corrected chi connectivity index (χ3v) is 2.40. The van der Waals surface area contributed by atoms with Crippen LogP contribution in [0.5, 0.6) is 0 Å². The summed E-state index contributed by atoms with van der Waals surface area (Å²) in [5.74, 6) is 0. The van der Waals surface area contributed by atoms with Crippen molar-refractivity contribution in [1.82, 2.24) is 9.78 Å². The summed E-state index contributed by atoms with van der Waals surface area (Å²) in [4.78, 5) is 0. The zero-order valence-electron chi connectivity index (χ0n) is 8.41. The molecule has 0 aliphatic rings. The first-order valence-corrected chi connectivity index (χ1v) is 4.48. The SMILES string of the molecule is CCC(C)(C#N)Cc1cnn(C)c1. The fourth-order valence-corrected chi connectivity index (χ4v) is 1.26. The normalized spacial score (nSPS) is 14.9. The Balaban J connectivity index is 2.74. The lowest BCUT2D eigenvalue weighted by Gasteiger charge is -2.17. The minimum atomic E-state index is -0.247. The first kappa shape index (κ1) is 9.79. The molecule has 0 fully saturated rings. The average Bonchev–Trinajstić information content (AvgIpc) is 2.51. The zero-order valence-corrected chi connectivity index (χ0v) is 8.41. The number of rotatable bonds is 3. The van der Waals surface area contributed by atoms with Gasteiger partial charge in [0.2, 0.25) is 0 Å². The van der Waals surface area contributed by atoms with Gasteiger partial charge in [0, 0.05) is 13.2 Å². The number of hydrogen-bond donors (Lipinski definition) is 0. The van der Waals surface area contributed by atoms with Crippen LogP contribution >= 0.6 is 0 Å². The highest BCUT2D eigenvalue weighted by atomic mass is 15.2. The van der Waals surface area contributed by atoms with Gasteiger partial charge in [-0.1, -0.05) is 6.92 Å². The highest BCUT2D eigenvalue weighted by molar-refractivity contribution is 5.11. The molecule has 0 bridgehead atoms. The largest absolute Gasteiger partial charge is 0.276 e. The van der Waals surface area contributed by atoms with Crippen LogP contribution in [0.3, 0.4) is 0 Å². The molecule has 0 aliphatic heterocycles. The average molecular weight is 177 g/mol. The van der Waals surface area contributed by atoms with Gasteiger partial charge in [0.15, 0.2) is 0 Å². The Bertz CT molecular complexity index is 321. The standard InChI is InChI=1S/C10H15N3/c1-4-10(2,8-11)5-9-6-12-13(3)7-9/h6-7H,4-5H2,1-3H3. The molecule has 0 aromatic carbocycles. The van der Waals surface area contributed by atoms with Crippen LogP contribution in [0.25, 0.3) is 0 Å². The van der Waals surface area contributed by atoms with Crippen molar-refractivity contribution >= 4 is 0 Å². The van der Waals surface area contributed by atoms with Gasteiger partial charge in [0.25, 0.3) is 0 Å². The number of hydrogen-bond acceptors (Lipinski definition) is 2. The molecule has 1 unspecified atom stereocenters. The summed E-state index contributed by atoms with van der Waals surface area (Å²) >= 11 is 0. The second kappa shape index (κ2) is 3.61. The monoisotopic (exact) mass is 177 g/mol. The minimum absolute atomic E-state index is 0.247. The van der Waals surface area contributed by atoms with Gasteiger partial charge in [-0.25, -0.2) is 0 Å². The zero-order chi connectivity index (χ0) is 9.90. The Labute approximate surface area is 79.0 Å². The quantitative estimate of drug-likeness (QED) is 0.707. The van der Waals surface area contributed by atoms with E-state index in [4.69, 9.17) is 5.26 Å². The van der Waals surface area contributed by atoms with Gasteiger partial charge >= 0.3 is 0 Å². The van der Waals surface area contributed by atoms with Gasteiger partial charge < -0.3 is 0 Å². The maximum atomic E-state index is 8.98. The lowest BCUT2D eigenvalue weighted by atomic mass is 9.84. The highest BCUT2D eigenvalue weighted by Crippen LogP contribution is 2.24. The van der Waals surface area contributed by atoms with E-state index in [0.717, 1.165) is 18.4 Å². The van der Waals surface area contributed by atoms with E-state index in [-0.39, 0.29) is 5.41 Å². The molecule has 0 amide bonds. The van der Waals surface area contributed by atoms with E-state index in [1.807, 2.05) is 33.3 Å². The van der Waals surface area contributed by atoms with Crippen LogP contribution in [-0.4, -0.2) is 9.78 Å². The number of aryl methyl sites for hydroxylation is 1. The Morgan fingerprint density at radius 2 is 2.38 bits per heavy atom. The van der Waals surface area contributed by atoms with Gasteiger partial charge in [0.05, 0.1) is 17.7 Å². The molecule has 3 nitrogen and oxygen atoms in total. The summed E-state index contributed by atoms with van der Waals surface area (Å²) in [6.07, 6.45) is 5.45. The van der Waals surface area contributed by atoms with Crippen molar-refractivity contribution in [1.29, 1.82) is 5.26 Å². The molecule has 1 aromatic heterocycles. The molecule has 0 saturated heterocycles. The van der Waals surface area contributed by atoms with Crippen LogP contribution in [-0.2, 0) is 13.5 Å². The van der Waals surface area contributed by atoms with Crippen molar-refractivity contribution in [2.24, 2.45) is 12.5 Å². The molecular formula is C10H15N3. The van der Waals surface area contributed by atoms with Crippen molar-refractivity contribution in [2.45, 2.75) is 26.7 Å². The first-order chi connectivity index (χ1) is 6.09. The summed E-state index contributed by atoms with van der Waals surface area (Å²) in [5.41, 5.74) is 0.886. The predicted molar refractivity (Wildman–Crippen MR) is 50.9 cm³/mol. The molecule has 70 valence electrons. The second-order valence-electron chi connectivity index (χ2n) is 3.73. The molecule has 1 heterocycles. The summed E-state index contributed by atoms with van der Waals surface area (Å²) in [7, 11) is 1.89. The van der Waals surface area contributed by atoms with Gasteiger partial charge in [-0.2, -0.15) is 10.4 Å². The lowest BCUT2D eigenvalue weighted by molar-refractivity contribution is 0.422. The first-order valence-electron chi connectivity index (χ1n) is 4.48. The van der Waals surface area contributed by atoms with Crippen LogP contribution in [0, 0.1) is 16.7 Å². The van der Waals surface area contributed by atoms with E-state index in [2.05, 4.69) is 11.2 Å². The van der Waals surface area contributed by atoms with E-state index < -0.39 is 0 Å². The summed E-state index contributed by atoms with van der Waals surface area (Å²) in [6, 6.07) is 2.35. The Morgan fingerprint density at radius 1 is 1.69 bits per heavy atom. The van der Waals surface area contributed by atoms with E-state index in [1.54, 1.807) is 4.68 Å². The number of aromatic nitrogens is 2. The van der Waals surface area contributed by atoms with Crippen LogP contribution < -0.4 is 0 Å². The lowest BCUT2D eigenvalue weighted by Crippen LogP contribution is -2.15. The third-order valence-electron chi connectivity index (χ3n) is 2.40. The van der Waals surface area contributed by atoms with Crippen molar-refractivity contribution in [3.8, 4) is 6.07 Å². The molecule has 3 heteroatoms. The Kier molecular flexibility index (Phi) is 2.72. The molecule has 0 radical (unpaired) electrons. The number of nitriles is 1. The summed E-state index contributed by atoms with van der Waals surface area (Å²) in [6.45, 7) is 4.03. The summed E-state index contributed by atoms with van der Waals surface area (Å²) < 4.78 is 1.77. The van der Waals surface area contributed by atoms with Crippen molar-refractivity contribution in [3.05, 3.63) is 18.0 Å². The number of nitrogens with zero attached hydrogens (tertiary/aromatic N) is 3. The van der Waals surface area contributed by atoms with Gasteiger partial charge in [-0.05, 0) is 25.3 Å². The van der Waals surface area contributed by atoms with E-state index in [0.29, 0.717) is 0 Å². The van der Waals surface area contributed by atoms with Crippen LogP contribution in [0.15, 0.2) is 12.4 Å². The highest BCUT2D eigenvalue weighted by Gasteiger charge is 2.22. The molecule has 0 aliphatic carbocycles. The smallest absolute Gasteiger partial charge is 0.0690 e. The molecule has 0 spiro atoms. The predicted octanol–water partition coefficient (Wildman–Crippen LogP) is 1.90. The molecular weight excluding hydrogens is 162 g/mol. The van der Waals surface area contributed by atoms with E-state index in [9.17, 15) is 0 Å². The minimum Gasteiger partial charge on any atom is -0.276 e. The van der Waals surface area contributed by atoms with Crippen molar-refractivity contribution in [2.75, 3.05) is 0 Å². The molecule has 1 aromatic rings. The van der Waals surface area contributed by atoms with E-state index in [1.165, 1.54) is 0 Å². The van der Waals surface area contributed by atoms with Crippen LogP contribution in [0.4, 0.5) is 0 Å². The molecule has 0 saturated carbocycles. The molecule has 13 heavy (non-hydrogen) atoms. The molecule has 1 rings (SSSR count). The van der Waals surface area contributed by atoms with Crippen LogP contribution in [0.1, 0.15) is 25.8 Å². The van der Waals surface area contributed by atoms with Gasteiger partial charge in [-0.3, -0.25) is 4.68 Å². The molecule has 1 atom stereocenters. The second-order valence-corrected chi connectivity index (χ2v) is 3.73. The van der Waals surface area contributed by atoms with E-state index >= 15 is 0 Å². The Hall–Kier alpha value is -1.30. The van der Waals surface area contributed by atoms with Gasteiger partial charge in [0.1, 0.15) is 0 Å². The maximum absolute atomic E-state index is 8.98. The third kappa shape index (κ3) is 2.32. The van der Waals surface area contributed by atoms with Gasteiger partial charge in [-0.15, -0.1) is 0 Å².